The van der Waals surface area contributed by atoms with Crippen molar-refractivity contribution in [2.75, 3.05) is 6.26 Å². The van der Waals surface area contributed by atoms with E-state index in [0.717, 1.165) is 6.26 Å². The first kappa shape index (κ1) is 16.8. The summed E-state index contributed by atoms with van der Waals surface area (Å²) in [7, 11) is -3.35. The summed E-state index contributed by atoms with van der Waals surface area (Å²) < 4.78 is 37.3. The summed E-state index contributed by atoms with van der Waals surface area (Å²) >= 11 is 0. The van der Waals surface area contributed by atoms with Gasteiger partial charge >= 0.3 is 5.97 Å². The van der Waals surface area contributed by atoms with Gasteiger partial charge in [0.05, 0.1) is 16.3 Å². The fourth-order valence-corrected chi connectivity index (χ4v) is 2.96. The second kappa shape index (κ2) is 6.14. The minimum Gasteiger partial charge on any atom is -0.477 e. The number of hydrogen-bond acceptors (Lipinski definition) is 4. The van der Waals surface area contributed by atoms with Crippen molar-refractivity contribution in [2.45, 2.75) is 4.90 Å². The van der Waals surface area contributed by atoms with E-state index in [4.69, 9.17) is 0 Å². The van der Waals surface area contributed by atoms with Crippen molar-refractivity contribution in [3.63, 3.8) is 0 Å². The monoisotopic (exact) mass is 360 g/mol. The van der Waals surface area contributed by atoms with Gasteiger partial charge in [-0.25, -0.2) is 22.3 Å². The zero-order valence-corrected chi connectivity index (χ0v) is 13.9. The highest BCUT2D eigenvalue weighted by Crippen LogP contribution is 2.23. The number of rotatable bonds is 4. The minimum atomic E-state index is -3.35. The highest BCUT2D eigenvalue weighted by molar-refractivity contribution is 7.90. The Morgan fingerprint density at radius 3 is 2.20 bits per heavy atom. The average Bonchev–Trinajstić information content (AvgIpc) is 3.00. The Morgan fingerprint density at radius 1 is 1.08 bits per heavy atom. The molecule has 0 aliphatic rings. The van der Waals surface area contributed by atoms with Gasteiger partial charge in [-0.3, -0.25) is 0 Å². The third-order valence-corrected chi connectivity index (χ3v) is 4.71. The lowest BCUT2D eigenvalue weighted by Gasteiger charge is -2.05. The maximum absolute atomic E-state index is 13.0. The van der Waals surface area contributed by atoms with E-state index in [1.807, 2.05) is 0 Å². The summed E-state index contributed by atoms with van der Waals surface area (Å²) in [6.45, 7) is 0. The molecule has 0 aliphatic carbocycles. The van der Waals surface area contributed by atoms with E-state index < -0.39 is 21.6 Å². The first-order chi connectivity index (χ1) is 11.8. The first-order valence-corrected chi connectivity index (χ1v) is 9.04. The molecule has 25 heavy (non-hydrogen) atoms. The van der Waals surface area contributed by atoms with Gasteiger partial charge in [-0.05, 0) is 54.6 Å². The van der Waals surface area contributed by atoms with Crippen molar-refractivity contribution in [2.24, 2.45) is 0 Å². The average molecular weight is 360 g/mol. The predicted molar refractivity (Wildman–Crippen MR) is 89.0 cm³/mol. The number of carboxylic acid groups (broad SMARTS) is 1. The van der Waals surface area contributed by atoms with Crippen molar-refractivity contribution in [3.05, 3.63) is 66.1 Å². The molecule has 0 bridgehead atoms. The van der Waals surface area contributed by atoms with Crippen LogP contribution in [-0.2, 0) is 9.84 Å². The molecular weight excluding hydrogens is 347 g/mol. The molecule has 128 valence electrons. The van der Waals surface area contributed by atoms with Crippen molar-refractivity contribution in [1.82, 2.24) is 9.78 Å². The highest BCUT2D eigenvalue weighted by Gasteiger charge is 2.17. The molecule has 0 fully saturated rings. The summed E-state index contributed by atoms with van der Waals surface area (Å²) in [5.74, 6) is -1.59. The van der Waals surface area contributed by atoms with Crippen molar-refractivity contribution < 1.29 is 22.7 Å². The molecule has 0 aliphatic heterocycles. The van der Waals surface area contributed by atoms with Gasteiger partial charge in [0.1, 0.15) is 5.82 Å². The number of carboxylic acids is 1. The summed E-state index contributed by atoms with van der Waals surface area (Å²) in [4.78, 5) is 11.6. The summed E-state index contributed by atoms with van der Waals surface area (Å²) in [5, 5.41) is 13.7. The lowest BCUT2D eigenvalue weighted by atomic mass is 10.1. The van der Waals surface area contributed by atoms with E-state index in [1.165, 1.54) is 59.3 Å². The van der Waals surface area contributed by atoms with Crippen LogP contribution in [0.15, 0.2) is 59.5 Å². The van der Waals surface area contributed by atoms with Gasteiger partial charge < -0.3 is 5.11 Å². The molecule has 1 N–H and O–H groups in total. The first-order valence-electron chi connectivity index (χ1n) is 7.15. The Kier molecular flexibility index (Phi) is 4.13. The van der Waals surface area contributed by atoms with Gasteiger partial charge in [-0.2, -0.15) is 5.10 Å². The fraction of sp³-hybridized carbons (Fsp3) is 0.0588. The molecule has 3 aromatic rings. The zero-order valence-electron chi connectivity index (χ0n) is 13.0. The normalized spacial score (nSPS) is 11.4. The molecule has 0 saturated carbocycles. The lowest BCUT2D eigenvalue weighted by molar-refractivity contribution is 0.0687. The minimum absolute atomic E-state index is 0.0913. The topological polar surface area (TPSA) is 89.3 Å². The van der Waals surface area contributed by atoms with Crippen LogP contribution in [0.2, 0.25) is 0 Å². The molecule has 8 heteroatoms. The summed E-state index contributed by atoms with van der Waals surface area (Å²) in [6.07, 6.45) is 1.09. The molecule has 0 amide bonds. The molecule has 0 atom stereocenters. The van der Waals surface area contributed by atoms with Crippen LogP contribution < -0.4 is 0 Å². The van der Waals surface area contributed by atoms with Gasteiger partial charge in [0.2, 0.25) is 0 Å². The maximum atomic E-state index is 13.0. The van der Waals surface area contributed by atoms with Crippen LogP contribution >= 0.6 is 0 Å². The number of sulfone groups is 1. The molecule has 0 radical (unpaired) electrons. The SMILES string of the molecule is CS(=O)(=O)c1ccc(-n2nc(-c3ccc(F)cc3)cc2C(=O)O)cc1. The molecule has 1 aromatic heterocycles. The Morgan fingerprint density at radius 2 is 1.68 bits per heavy atom. The van der Waals surface area contributed by atoms with E-state index in [2.05, 4.69) is 5.10 Å². The zero-order chi connectivity index (χ0) is 18.2. The van der Waals surface area contributed by atoms with Gasteiger partial charge in [-0.15, -0.1) is 0 Å². The third-order valence-electron chi connectivity index (χ3n) is 3.58. The van der Waals surface area contributed by atoms with E-state index in [-0.39, 0.29) is 10.6 Å². The van der Waals surface area contributed by atoms with Crippen LogP contribution in [0.25, 0.3) is 16.9 Å². The standard InChI is InChI=1S/C17H13FN2O4S/c1-25(23,24)14-8-6-13(7-9-14)20-16(17(21)22)10-15(19-20)11-2-4-12(18)5-3-11/h2-10H,1H3,(H,21,22). The number of aromatic nitrogens is 2. The Labute approximate surface area is 143 Å². The molecular formula is C17H13FN2O4S. The van der Waals surface area contributed by atoms with Crippen molar-refractivity contribution in [1.29, 1.82) is 0 Å². The number of halogens is 1. The Balaban J connectivity index is 2.09. The largest absolute Gasteiger partial charge is 0.477 e. The van der Waals surface area contributed by atoms with Crippen LogP contribution in [0.1, 0.15) is 10.5 Å². The van der Waals surface area contributed by atoms with Crippen molar-refractivity contribution >= 4 is 15.8 Å². The van der Waals surface area contributed by atoms with E-state index >= 15 is 0 Å². The second-order valence-corrected chi connectivity index (χ2v) is 7.42. The van der Waals surface area contributed by atoms with Gasteiger partial charge in [0.25, 0.3) is 0 Å². The van der Waals surface area contributed by atoms with Gasteiger partial charge in [0.15, 0.2) is 15.5 Å². The maximum Gasteiger partial charge on any atom is 0.354 e. The van der Waals surface area contributed by atoms with Crippen LogP contribution in [0.3, 0.4) is 0 Å². The van der Waals surface area contributed by atoms with Crippen LogP contribution in [0.4, 0.5) is 4.39 Å². The molecule has 0 saturated heterocycles. The number of benzene rings is 2. The number of carbonyl (C=O) groups is 1. The summed E-state index contributed by atoms with van der Waals surface area (Å²) in [6, 6.07) is 12.6. The molecule has 2 aromatic carbocycles. The number of aromatic carboxylic acids is 1. The van der Waals surface area contributed by atoms with E-state index in [9.17, 15) is 22.7 Å². The predicted octanol–water partition coefficient (Wildman–Crippen LogP) is 2.78. The molecule has 3 rings (SSSR count). The summed E-state index contributed by atoms with van der Waals surface area (Å²) in [5.41, 5.74) is 1.24. The van der Waals surface area contributed by atoms with Gasteiger partial charge in [0, 0.05) is 11.8 Å². The molecule has 0 spiro atoms. The number of nitrogens with zero attached hydrogens (tertiary/aromatic N) is 2. The highest BCUT2D eigenvalue weighted by atomic mass is 32.2. The van der Waals surface area contributed by atoms with Crippen LogP contribution in [0.5, 0.6) is 0 Å². The van der Waals surface area contributed by atoms with Gasteiger partial charge in [-0.1, -0.05) is 0 Å². The Bertz CT molecular complexity index is 1040. The molecule has 0 unspecified atom stereocenters. The van der Waals surface area contributed by atoms with Crippen LogP contribution in [0, 0.1) is 5.82 Å². The van der Waals surface area contributed by atoms with Crippen LogP contribution in [-0.4, -0.2) is 35.5 Å². The molecule has 1 heterocycles. The van der Waals surface area contributed by atoms with E-state index in [1.54, 1.807) is 0 Å². The third kappa shape index (κ3) is 3.43. The Hall–Kier alpha value is -3.00. The van der Waals surface area contributed by atoms with Crippen molar-refractivity contribution in [3.8, 4) is 16.9 Å². The quantitative estimate of drug-likeness (QED) is 0.773. The lowest BCUT2D eigenvalue weighted by Crippen LogP contribution is -2.08. The number of hydrogen-bond donors (Lipinski definition) is 1. The second-order valence-electron chi connectivity index (χ2n) is 5.40. The smallest absolute Gasteiger partial charge is 0.354 e. The van der Waals surface area contributed by atoms with E-state index in [0.29, 0.717) is 16.9 Å². The fourth-order valence-electron chi connectivity index (χ4n) is 2.33. The molecule has 6 nitrogen and oxygen atoms in total.